The van der Waals surface area contributed by atoms with Gasteiger partial charge in [-0.2, -0.15) is 12.6 Å². The molecule has 4 amide bonds. The molecule has 0 aromatic heterocycles. The zero-order valence-electron chi connectivity index (χ0n) is 16.3. The Balaban J connectivity index is 5.26. The molecule has 0 aliphatic rings. The summed E-state index contributed by atoms with van der Waals surface area (Å²) in [5.41, 5.74) is 10.4. The van der Waals surface area contributed by atoms with E-state index in [1.807, 2.05) is 0 Å². The molecule has 12 nitrogen and oxygen atoms in total. The first kappa shape index (κ1) is 26.6. The van der Waals surface area contributed by atoms with Crippen LogP contribution in [0.1, 0.15) is 26.7 Å². The molecule has 0 aliphatic carbocycles. The highest BCUT2D eigenvalue weighted by atomic mass is 32.1. The lowest BCUT2D eigenvalue weighted by atomic mass is 9.99. The minimum absolute atomic E-state index is 0.183. The van der Waals surface area contributed by atoms with E-state index in [9.17, 15) is 29.1 Å². The third-order valence-electron chi connectivity index (χ3n) is 4.16. The Morgan fingerprint density at radius 3 is 1.93 bits per heavy atom. The van der Waals surface area contributed by atoms with Crippen LogP contribution in [-0.4, -0.2) is 76.3 Å². The van der Waals surface area contributed by atoms with Gasteiger partial charge >= 0.3 is 5.97 Å². The number of carbonyl (C=O) groups excluding carboxylic acids is 4. The number of rotatable bonds is 13. The standard InChI is InChI=1S/C16H29N5O7S/c1-3-7(2)12(16(27)28)21-15(26)10(6-29)20-14(25)9(4-11(18)23)19-13(24)8(17)5-22/h7-10,12,22,29H,3-6,17H2,1-2H3,(H2,18,23)(H,19,24)(H,20,25)(H,21,26)(H,27,28). The Bertz CT molecular complexity index is 618. The maximum atomic E-state index is 12.4. The highest BCUT2D eigenvalue weighted by Gasteiger charge is 2.31. The Morgan fingerprint density at radius 1 is 1.00 bits per heavy atom. The minimum atomic E-state index is -1.45. The lowest BCUT2D eigenvalue weighted by molar-refractivity contribution is -0.143. The number of carbonyl (C=O) groups is 5. The summed E-state index contributed by atoms with van der Waals surface area (Å²) in [6.07, 6.45) is -0.0891. The second-order valence-electron chi connectivity index (χ2n) is 6.47. The van der Waals surface area contributed by atoms with E-state index in [1.54, 1.807) is 13.8 Å². The van der Waals surface area contributed by atoms with Gasteiger partial charge in [0.15, 0.2) is 0 Å². The van der Waals surface area contributed by atoms with Crippen LogP contribution in [0.4, 0.5) is 0 Å². The third-order valence-corrected chi connectivity index (χ3v) is 4.53. The number of aliphatic carboxylic acids is 1. The number of hydrogen-bond donors (Lipinski definition) is 8. The van der Waals surface area contributed by atoms with Gasteiger partial charge in [0.05, 0.1) is 13.0 Å². The molecule has 29 heavy (non-hydrogen) atoms. The Morgan fingerprint density at radius 2 is 1.52 bits per heavy atom. The largest absolute Gasteiger partial charge is 0.480 e. The molecule has 9 N–H and O–H groups in total. The SMILES string of the molecule is CCC(C)C(NC(=O)C(CS)NC(=O)C(CC(N)=O)NC(=O)C(N)CO)C(=O)O. The van der Waals surface area contributed by atoms with E-state index in [1.165, 1.54) is 0 Å². The predicted molar refractivity (Wildman–Crippen MR) is 106 cm³/mol. The number of aliphatic hydroxyl groups excluding tert-OH is 1. The van der Waals surface area contributed by atoms with Crippen molar-refractivity contribution in [2.45, 2.75) is 50.9 Å². The number of aliphatic hydroxyl groups is 1. The van der Waals surface area contributed by atoms with Gasteiger partial charge < -0.3 is 37.6 Å². The van der Waals surface area contributed by atoms with Gasteiger partial charge in [-0.05, 0) is 5.92 Å². The average molecular weight is 436 g/mol. The van der Waals surface area contributed by atoms with Gasteiger partial charge in [-0.1, -0.05) is 20.3 Å². The Kier molecular flexibility index (Phi) is 11.9. The van der Waals surface area contributed by atoms with Crippen molar-refractivity contribution < 1.29 is 34.2 Å². The second kappa shape index (κ2) is 13.0. The van der Waals surface area contributed by atoms with E-state index >= 15 is 0 Å². The molecule has 0 fully saturated rings. The van der Waals surface area contributed by atoms with Crippen molar-refractivity contribution in [3.63, 3.8) is 0 Å². The van der Waals surface area contributed by atoms with Crippen LogP contribution in [0.15, 0.2) is 0 Å². The summed E-state index contributed by atoms with van der Waals surface area (Å²) in [5.74, 6) is -5.30. The molecule has 5 unspecified atom stereocenters. The summed E-state index contributed by atoms with van der Waals surface area (Å²) in [4.78, 5) is 59.2. The smallest absolute Gasteiger partial charge is 0.326 e. The van der Waals surface area contributed by atoms with Crippen molar-refractivity contribution in [3.8, 4) is 0 Å². The van der Waals surface area contributed by atoms with Gasteiger partial charge in [0.1, 0.15) is 24.2 Å². The van der Waals surface area contributed by atoms with Crippen LogP contribution in [0.25, 0.3) is 0 Å². The van der Waals surface area contributed by atoms with Crippen molar-refractivity contribution in [2.75, 3.05) is 12.4 Å². The van der Waals surface area contributed by atoms with E-state index in [0.717, 1.165) is 0 Å². The Labute approximate surface area is 173 Å². The van der Waals surface area contributed by atoms with E-state index < -0.39 is 66.8 Å². The van der Waals surface area contributed by atoms with E-state index in [4.69, 9.17) is 16.6 Å². The van der Waals surface area contributed by atoms with E-state index in [2.05, 4.69) is 28.6 Å². The summed E-state index contributed by atoms with van der Waals surface area (Å²) in [6.45, 7) is 2.72. The van der Waals surface area contributed by atoms with Gasteiger partial charge in [0.25, 0.3) is 0 Å². The van der Waals surface area contributed by atoms with Crippen LogP contribution < -0.4 is 27.4 Å². The second-order valence-corrected chi connectivity index (χ2v) is 6.84. The molecule has 0 aliphatic heterocycles. The molecule has 0 rings (SSSR count). The lowest BCUT2D eigenvalue weighted by Crippen LogP contribution is -2.59. The highest BCUT2D eigenvalue weighted by molar-refractivity contribution is 7.80. The zero-order valence-corrected chi connectivity index (χ0v) is 17.1. The van der Waals surface area contributed by atoms with Crippen LogP contribution in [0, 0.1) is 5.92 Å². The predicted octanol–water partition coefficient (Wildman–Crippen LogP) is -3.30. The topological polar surface area (TPSA) is 214 Å². The summed E-state index contributed by atoms with van der Waals surface area (Å²) < 4.78 is 0. The maximum Gasteiger partial charge on any atom is 0.326 e. The molecule has 0 saturated heterocycles. The van der Waals surface area contributed by atoms with Crippen molar-refractivity contribution in [1.29, 1.82) is 0 Å². The van der Waals surface area contributed by atoms with Gasteiger partial charge in [-0.3, -0.25) is 19.2 Å². The summed E-state index contributed by atoms with van der Waals surface area (Å²) in [5, 5.41) is 25.0. The van der Waals surface area contributed by atoms with Crippen LogP contribution in [-0.2, 0) is 24.0 Å². The number of thiol groups is 1. The van der Waals surface area contributed by atoms with Gasteiger partial charge in [-0.15, -0.1) is 0 Å². The molecular weight excluding hydrogens is 406 g/mol. The monoisotopic (exact) mass is 435 g/mol. The normalized spacial score (nSPS) is 15.9. The number of carboxylic acids is 1. The van der Waals surface area contributed by atoms with Gasteiger partial charge in [0, 0.05) is 5.75 Å². The number of carboxylic acid groups (broad SMARTS) is 1. The molecule has 0 aromatic rings. The van der Waals surface area contributed by atoms with Gasteiger partial charge in [-0.25, -0.2) is 4.79 Å². The van der Waals surface area contributed by atoms with Crippen LogP contribution in [0.5, 0.6) is 0 Å². The van der Waals surface area contributed by atoms with E-state index in [-0.39, 0.29) is 11.7 Å². The maximum absolute atomic E-state index is 12.4. The van der Waals surface area contributed by atoms with Crippen molar-refractivity contribution in [3.05, 3.63) is 0 Å². The molecule has 5 atom stereocenters. The first-order chi connectivity index (χ1) is 13.5. The molecular formula is C16H29N5O7S. The third kappa shape index (κ3) is 9.11. The van der Waals surface area contributed by atoms with Crippen molar-refractivity contribution >= 4 is 42.2 Å². The quantitative estimate of drug-likeness (QED) is 0.137. The summed E-state index contributed by atoms with van der Waals surface area (Å²) in [7, 11) is 0. The minimum Gasteiger partial charge on any atom is -0.480 e. The molecule has 0 radical (unpaired) electrons. The average Bonchev–Trinajstić information content (AvgIpc) is 2.67. The molecule has 0 heterocycles. The molecule has 13 heteroatoms. The number of hydrogen-bond acceptors (Lipinski definition) is 8. The number of amides is 4. The Hall–Kier alpha value is -2.38. The van der Waals surface area contributed by atoms with Crippen LogP contribution in [0.3, 0.4) is 0 Å². The zero-order chi connectivity index (χ0) is 22.7. The lowest BCUT2D eigenvalue weighted by Gasteiger charge is -2.25. The highest BCUT2D eigenvalue weighted by Crippen LogP contribution is 2.08. The van der Waals surface area contributed by atoms with Gasteiger partial charge in [0.2, 0.25) is 23.6 Å². The summed E-state index contributed by atoms with van der Waals surface area (Å²) >= 11 is 3.98. The molecule has 0 spiro atoms. The first-order valence-electron chi connectivity index (χ1n) is 8.87. The number of nitrogens with two attached hydrogens (primary N) is 2. The molecule has 166 valence electrons. The fourth-order valence-electron chi connectivity index (χ4n) is 2.18. The van der Waals surface area contributed by atoms with Crippen LogP contribution in [0.2, 0.25) is 0 Å². The fourth-order valence-corrected chi connectivity index (χ4v) is 2.43. The molecule has 0 bridgehead atoms. The number of primary amides is 1. The fraction of sp³-hybridized carbons (Fsp3) is 0.688. The molecule has 0 aromatic carbocycles. The van der Waals surface area contributed by atoms with Crippen molar-refractivity contribution in [1.82, 2.24) is 16.0 Å². The van der Waals surface area contributed by atoms with Crippen molar-refractivity contribution in [2.24, 2.45) is 17.4 Å². The van der Waals surface area contributed by atoms with Crippen LogP contribution >= 0.6 is 12.6 Å². The summed E-state index contributed by atoms with van der Waals surface area (Å²) in [6, 6.07) is -5.18. The number of nitrogens with one attached hydrogen (secondary N) is 3. The van der Waals surface area contributed by atoms with E-state index in [0.29, 0.717) is 6.42 Å². The first-order valence-corrected chi connectivity index (χ1v) is 9.51. The molecule has 0 saturated carbocycles.